The number of nitrogens with zero attached hydrogens (tertiary/aromatic N) is 5. The average molecular weight is 456 g/mol. The highest BCUT2D eigenvalue weighted by molar-refractivity contribution is 6.39. The highest BCUT2D eigenvalue weighted by atomic mass is 19.1. The number of fused-ring (bicyclic) bond motifs is 1. The van der Waals surface area contributed by atoms with E-state index in [4.69, 9.17) is 4.74 Å². The lowest BCUT2D eigenvalue weighted by molar-refractivity contribution is -0.145. The molecule has 3 aromatic rings. The van der Waals surface area contributed by atoms with Gasteiger partial charge in [-0.2, -0.15) is 5.10 Å². The number of carbonyl (C=O) groups is 2. The van der Waals surface area contributed by atoms with Crippen LogP contribution in [-0.4, -0.2) is 64.2 Å². The summed E-state index contributed by atoms with van der Waals surface area (Å²) in [6.07, 6.45) is 4.55. The molecule has 2 aliphatic heterocycles. The summed E-state index contributed by atoms with van der Waals surface area (Å²) >= 11 is 0. The first-order valence-electron chi connectivity index (χ1n) is 10.8. The number of hydrogen-bond acceptors (Lipinski definition) is 6. The fraction of sp³-hybridized carbons (Fsp3) is 0.364. The number of nitrogens with one attached hydrogen (secondary N) is 1. The maximum atomic E-state index is 14.4. The lowest BCUT2D eigenvalue weighted by Crippen LogP contribution is -2.45. The Bertz CT molecular complexity index is 1210. The number of ether oxygens (including phenoxy) is 1. The first-order valence-corrected chi connectivity index (χ1v) is 10.8. The summed E-state index contributed by atoms with van der Waals surface area (Å²) in [5.41, 5.74) is 0.921. The maximum absolute atomic E-state index is 14.4. The molecule has 2 amide bonds. The summed E-state index contributed by atoms with van der Waals surface area (Å²) < 4.78 is 34.9. The molecule has 1 N–H and O–H groups in total. The molecule has 0 saturated carbocycles. The highest BCUT2D eigenvalue weighted by Crippen LogP contribution is 2.37. The van der Waals surface area contributed by atoms with Crippen LogP contribution in [0, 0.1) is 11.6 Å². The summed E-state index contributed by atoms with van der Waals surface area (Å²) in [6, 6.07) is 4.83. The van der Waals surface area contributed by atoms with Crippen molar-refractivity contribution in [1.29, 1.82) is 0 Å². The molecule has 172 valence electrons. The lowest BCUT2D eigenvalue weighted by atomic mass is 10.0. The van der Waals surface area contributed by atoms with Gasteiger partial charge in [0.1, 0.15) is 23.1 Å². The van der Waals surface area contributed by atoms with E-state index in [0.717, 1.165) is 18.6 Å². The van der Waals surface area contributed by atoms with Crippen LogP contribution in [0.15, 0.2) is 36.7 Å². The summed E-state index contributed by atoms with van der Waals surface area (Å²) in [5, 5.41) is 6.78. The minimum atomic E-state index is -0.778. The van der Waals surface area contributed by atoms with Crippen molar-refractivity contribution in [2.75, 3.05) is 43.1 Å². The van der Waals surface area contributed by atoms with Crippen LogP contribution < -0.4 is 10.2 Å². The van der Waals surface area contributed by atoms with Gasteiger partial charge >= 0.3 is 11.8 Å². The van der Waals surface area contributed by atoms with Crippen molar-refractivity contribution in [3.05, 3.63) is 53.9 Å². The van der Waals surface area contributed by atoms with Crippen LogP contribution >= 0.6 is 0 Å². The molecule has 33 heavy (non-hydrogen) atoms. The van der Waals surface area contributed by atoms with Crippen molar-refractivity contribution in [2.45, 2.75) is 18.9 Å². The average Bonchev–Trinajstić information content (AvgIpc) is 3.48. The molecule has 2 fully saturated rings. The molecule has 0 radical (unpaired) electrons. The standard InChI is InChI=1S/C22H22F2N6O3/c23-14-3-4-16(24)15(12-14)18-2-1-6-29(18)19-5-7-30-20(27-19)17(13-25-30)26-21(31)22(32)28-8-10-33-11-9-28/h3-5,7,12-13,18H,1-2,6,8-11H2,(H,26,31). The molecule has 0 bridgehead atoms. The van der Waals surface area contributed by atoms with E-state index in [2.05, 4.69) is 15.4 Å². The Balaban J connectivity index is 1.40. The third-order valence-corrected chi connectivity index (χ3v) is 5.96. The van der Waals surface area contributed by atoms with E-state index >= 15 is 0 Å². The Morgan fingerprint density at radius 2 is 1.94 bits per heavy atom. The SMILES string of the molecule is O=C(Nc1cnn2ccc(N3CCCC3c3cc(F)ccc3F)nc12)C(=O)N1CCOCC1. The van der Waals surface area contributed by atoms with Gasteiger partial charge < -0.3 is 19.9 Å². The number of aromatic nitrogens is 3. The van der Waals surface area contributed by atoms with Crippen molar-refractivity contribution < 1.29 is 23.1 Å². The zero-order valence-corrected chi connectivity index (χ0v) is 17.7. The van der Waals surface area contributed by atoms with Crippen LogP contribution in [-0.2, 0) is 14.3 Å². The first-order chi connectivity index (χ1) is 16.0. The normalized spacial score (nSPS) is 18.7. The van der Waals surface area contributed by atoms with E-state index in [1.165, 1.54) is 21.7 Å². The van der Waals surface area contributed by atoms with Crippen LogP contribution in [0.4, 0.5) is 20.3 Å². The molecule has 0 aliphatic carbocycles. The smallest absolute Gasteiger partial charge is 0.314 e. The minimum absolute atomic E-state index is 0.285. The molecule has 4 heterocycles. The zero-order valence-electron chi connectivity index (χ0n) is 17.7. The van der Waals surface area contributed by atoms with E-state index in [1.807, 2.05) is 4.90 Å². The Labute approximate surface area is 187 Å². The molecule has 1 unspecified atom stereocenters. The predicted octanol–water partition coefficient (Wildman–Crippen LogP) is 2.15. The molecule has 2 aliphatic rings. The second-order valence-electron chi connectivity index (χ2n) is 7.99. The fourth-order valence-corrected chi connectivity index (χ4v) is 4.33. The molecule has 2 aromatic heterocycles. The van der Waals surface area contributed by atoms with Crippen molar-refractivity contribution in [3.8, 4) is 0 Å². The van der Waals surface area contributed by atoms with Crippen molar-refractivity contribution in [1.82, 2.24) is 19.5 Å². The maximum Gasteiger partial charge on any atom is 0.314 e. The number of morpholine rings is 1. The monoisotopic (exact) mass is 456 g/mol. The summed E-state index contributed by atoms with van der Waals surface area (Å²) in [4.78, 5) is 32.9. The fourth-order valence-electron chi connectivity index (χ4n) is 4.33. The van der Waals surface area contributed by atoms with Gasteiger partial charge in [0.25, 0.3) is 0 Å². The van der Waals surface area contributed by atoms with Crippen LogP contribution in [0.25, 0.3) is 5.65 Å². The number of halogens is 2. The Morgan fingerprint density at radius 3 is 2.76 bits per heavy atom. The van der Waals surface area contributed by atoms with E-state index in [1.54, 1.807) is 12.3 Å². The van der Waals surface area contributed by atoms with E-state index < -0.39 is 23.4 Å². The summed E-state index contributed by atoms with van der Waals surface area (Å²) in [6.45, 7) is 2.12. The largest absolute Gasteiger partial charge is 0.378 e. The Morgan fingerprint density at radius 1 is 1.12 bits per heavy atom. The van der Waals surface area contributed by atoms with Crippen molar-refractivity contribution in [3.63, 3.8) is 0 Å². The van der Waals surface area contributed by atoms with E-state index in [0.29, 0.717) is 50.7 Å². The van der Waals surface area contributed by atoms with Gasteiger partial charge in [-0.15, -0.1) is 0 Å². The third-order valence-electron chi connectivity index (χ3n) is 5.96. The number of benzene rings is 1. The van der Waals surface area contributed by atoms with Crippen LogP contribution in [0.1, 0.15) is 24.4 Å². The van der Waals surface area contributed by atoms with Gasteiger partial charge in [-0.3, -0.25) is 9.59 Å². The summed E-state index contributed by atoms with van der Waals surface area (Å²) in [5.74, 6) is -1.83. The molecular weight excluding hydrogens is 434 g/mol. The van der Waals surface area contributed by atoms with Crippen LogP contribution in [0.2, 0.25) is 0 Å². The Hall–Kier alpha value is -3.60. The number of rotatable bonds is 3. The molecule has 0 spiro atoms. The third kappa shape index (κ3) is 4.11. The molecule has 1 aromatic carbocycles. The predicted molar refractivity (Wildman–Crippen MR) is 115 cm³/mol. The Kier molecular flexibility index (Phi) is 5.63. The number of anilines is 2. The van der Waals surface area contributed by atoms with Gasteiger partial charge in [0.2, 0.25) is 0 Å². The topological polar surface area (TPSA) is 92.1 Å². The second kappa shape index (κ2) is 8.74. The van der Waals surface area contributed by atoms with Crippen molar-refractivity contribution in [2.24, 2.45) is 0 Å². The van der Waals surface area contributed by atoms with Crippen LogP contribution in [0.5, 0.6) is 0 Å². The molecule has 11 heteroatoms. The molecular formula is C22H22F2N6O3. The highest BCUT2D eigenvalue weighted by Gasteiger charge is 2.30. The van der Waals surface area contributed by atoms with Crippen LogP contribution in [0.3, 0.4) is 0 Å². The minimum Gasteiger partial charge on any atom is -0.378 e. The van der Waals surface area contributed by atoms with E-state index in [-0.39, 0.29) is 17.3 Å². The van der Waals surface area contributed by atoms with E-state index in [9.17, 15) is 18.4 Å². The van der Waals surface area contributed by atoms with Gasteiger partial charge in [0.05, 0.1) is 25.5 Å². The first kappa shape index (κ1) is 21.3. The molecule has 5 rings (SSSR count). The van der Waals surface area contributed by atoms with Gasteiger partial charge in [-0.05, 0) is 37.1 Å². The number of carbonyl (C=O) groups excluding carboxylic acids is 2. The van der Waals surface area contributed by atoms with Gasteiger partial charge in [0.15, 0.2) is 5.65 Å². The second-order valence-corrected chi connectivity index (χ2v) is 7.99. The zero-order chi connectivity index (χ0) is 22.9. The van der Waals surface area contributed by atoms with Crippen molar-refractivity contribution >= 4 is 29.0 Å². The van der Waals surface area contributed by atoms with Gasteiger partial charge in [-0.25, -0.2) is 18.3 Å². The number of amides is 2. The molecule has 9 nitrogen and oxygen atoms in total. The number of hydrogen-bond donors (Lipinski definition) is 1. The van der Waals surface area contributed by atoms with Gasteiger partial charge in [0, 0.05) is 31.4 Å². The summed E-state index contributed by atoms with van der Waals surface area (Å²) in [7, 11) is 0. The van der Waals surface area contributed by atoms with Gasteiger partial charge in [-0.1, -0.05) is 0 Å². The quantitative estimate of drug-likeness (QED) is 0.608. The molecule has 1 atom stereocenters. The lowest BCUT2D eigenvalue weighted by Gasteiger charge is -2.26. The molecule has 2 saturated heterocycles.